The molecule has 5 nitrogen and oxygen atoms in total. The zero-order chi connectivity index (χ0) is 25.4. The molecule has 1 aliphatic heterocycles. The summed E-state index contributed by atoms with van der Waals surface area (Å²) in [4.78, 5) is 25.6. The number of nitrogens with zero attached hydrogens (tertiary/aromatic N) is 1. The molecule has 36 heavy (non-hydrogen) atoms. The Bertz CT molecular complexity index is 1360. The number of halogens is 1. The molecule has 1 aromatic heterocycles. The number of benzene rings is 2. The zero-order valence-corrected chi connectivity index (χ0v) is 21.1. The van der Waals surface area contributed by atoms with Crippen molar-refractivity contribution in [2.75, 3.05) is 13.7 Å². The first kappa shape index (κ1) is 24.3. The highest BCUT2D eigenvalue weighted by molar-refractivity contribution is 6.02. The van der Waals surface area contributed by atoms with Crippen LogP contribution in [0.3, 0.4) is 0 Å². The van der Waals surface area contributed by atoms with Crippen molar-refractivity contribution in [2.45, 2.75) is 58.4 Å². The highest BCUT2D eigenvalue weighted by atomic mass is 19.1. The van der Waals surface area contributed by atoms with E-state index in [9.17, 15) is 14.0 Å². The van der Waals surface area contributed by atoms with Gasteiger partial charge in [-0.3, -0.25) is 0 Å². The van der Waals surface area contributed by atoms with Crippen molar-refractivity contribution in [3.05, 3.63) is 64.5 Å². The summed E-state index contributed by atoms with van der Waals surface area (Å²) in [6.45, 7) is 4.56. The first-order chi connectivity index (χ1) is 17.4. The molecule has 3 aromatic rings. The van der Waals surface area contributed by atoms with E-state index in [4.69, 9.17) is 9.47 Å². The molecule has 0 saturated heterocycles. The van der Waals surface area contributed by atoms with E-state index >= 15 is 0 Å². The fraction of sp³-hybridized carbons (Fsp3) is 0.400. The minimum atomic E-state index is -0.408. The molecule has 2 heterocycles. The lowest BCUT2D eigenvalue weighted by Gasteiger charge is -2.24. The third kappa shape index (κ3) is 4.45. The molecule has 0 bridgehead atoms. The topological polar surface area (TPSA) is 57.5 Å². The van der Waals surface area contributed by atoms with Gasteiger partial charge in [0.15, 0.2) is 0 Å². The van der Waals surface area contributed by atoms with Gasteiger partial charge in [-0.05, 0) is 72.2 Å². The molecule has 188 valence electrons. The summed E-state index contributed by atoms with van der Waals surface area (Å²) in [6, 6.07) is 10.4. The molecular weight excluding hydrogens is 457 g/mol. The Morgan fingerprint density at radius 3 is 2.56 bits per heavy atom. The third-order valence-electron chi connectivity index (χ3n) is 7.28. The molecule has 2 aromatic carbocycles. The van der Waals surface area contributed by atoms with E-state index < -0.39 is 11.9 Å². The largest absolute Gasteiger partial charge is 0.465 e. The standard InChI is InChI=1S/C30H32FNO4/c1-18(2)17-36-30(34)22-13-21-14-23(31)10-12-24(21)28-27(19-7-5-4-6-8-19)25-11-9-20(29(33)35-3)15-26(25)32(28)16-22/h9-15,18-19H,4-8,16-17H2,1-3H3. The summed E-state index contributed by atoms with van der Waals surface area (Å²) in [5.74, 6) is -0.606. The predicted molar refractivity (Wildman–Crippen MR) is 138 cm³/mol. The molecule has 1 aliphatic carbocycles. The number of carbonyl (C=O) groups is 2. The number of hydrogen-bond donors (Lipinski definition) is 0. The Balaban J connectivity index is 1.77. The molecule has 0 atom stereocenters. The molecule has 1 fully saturated rings. The average Bonchev–Trinajstić information content (AvgIpc) is 3.09. The van der Waals surface area contributed by atoms with Crippen molar-refractivity contribution in [1.29, 1.82) is 0 Å². The van der Waals surface area contributed by atoms with Crippen LogP contribution in [0.4, 0.5) is 4.39 Å². The second-order valence-corrected chi connectivity index (χ2v) is 10.3. The van der Waals surface area contributed by atoms with Gasteiger partial charge in [0.1, 0.15) is 5.82 Å². The first-order valence-electron chi connectivity index (χ1n) is 12.8. The number of esters is 2. The van der Waals surface area contributed by atoms with Gasteiger partial charge in [0.2, 0.25) is 0 Å². The van der Waals surface area contributed by atoms with Crippen LogP contribution in [0.25, 0.3) is 28.2 Å². The fourth-order valence-corrected chi connectivity index (χ4v) is 5.61. The summed E-state index contributed by atoms with van der Waals surface area (Å²) in [7, 11) is 1.37. The van der Waals surface area contributed by atoms with Crippen molar-refractivity contribution in [3.8, 4) is 11.3 Å². The number of aromatic nitrogens is 1. The first-order valence-corrected chi connectivity index (χ1v) is 12.8. The van der Waals surface area contributed by atoms with Crippen molar-refractivity contribution in [3.63, 3.8) is 0 Å². The quantitative estimate of drug-likeness (QED) is 0.367. The molecular formula is C30H32FNO4. The van der Waals surface area contributed by atoms with E-state index in [1.165, 1.54) is 44.1 Å². The van der Waals surface area contributed by atoms with Crippen LogP contribution in [-0.4, -0.2) is 30.2 Å². The van der Waals surface area contributed by atoms with Gasteiger partial charge in [-0.1, -0.05) is 39.2 Å². The van der Waals surface area contributed by atoms with Crippen molar-refractivity contribution in [2.24, 2.45) is 5.92 Å². The van der Waals surface area contributed by atoms with Crippen LogP contribution in [-0.2, 0) is 20.8 Å². The van der Waals surface area contributed by atoms with E-state index in [1.54, 1.807) is 12.1 Å². The number of hydrogen-bond acceptors (Lipinski definition) is 4. The highest BCUT2D eigenvalue weighted by Gasteiger charge is 2.31. The minimum Gasteiger partial charge on any atom is -0.465 e. The molecule has 0 unspecified atom stereocenters. The number of carbonyl (C=O) groups excluding carboxylic acids is 2. The van der Waals surface area contributed by atoms with Crippen LogP contribution in [0.2, 0.25) is 0 Å². The molecule has 2 aliphatic rings. The molecule has 6 heteroatoms. The molecule has 0 radical (unpaired) electrons. The summed E-state index contributed by atoms with van der Waals surface area (Å²) in [5.41, 5.74) is 5.55. The lowest BCUT2D eigenvalue weighted by atomic mass is 9.81. The van der Waals surface area contributed by atoms with Crippen LogP contribution in [0, 0.1) is 11.7 Å². The second-order valence-electron chi connectivity index (χ2n) is 10.3. The van der Waals surface area contributed by atoms with Crippen LogP contribution >= 0.6 is 0 Å². The maximum Gasteiger partial charge on any atom is 0.337 e. The lowest BCUT2D eigenvalue weighted by molar-refractivity contribution is -0.140. The summed E-state index contributed by atoms with van der Waals surface area (Å²) in [6.07, 6.45) is 7.48. The van der Waals surface area contributed by atoms with Gasteiger partial charge in [-0.15, -0.1) is 0 Å². The maximum atomic E-state index is 14.4. The number of ether oxygens (including phenoxy) is 2. The zero-order valence-electron chi connectivity index (χ0n) is 21.1. The number of rotatable bonds is 5. The van der Waals surface area contributed by atoms with Crippen molar-refractivity contribution >= 4 is 28.9 Å². The third-order valence-corrected chi connectivity index (χ3v) is 7.28. The molecule has 5 rings (SSSR count). The molecule has 0 spiro atoms. The second kappa shape index (κ2) is 9.92. The SMILES string of the molecule is COC(=O)c1ccc2c(C3CCCCC3)c3n(c2c1)CC(C(=O)OCC(C)C)=Cc1cc(F)ccc1-3. The van der Waals surface area contributed by atoms with Crippen LogP contribution in [0.5, 0.6) is 0 Å². The van der Waals surface area contributed by atoms with E-state index in [2.05, 4.69) is 4.57 Å². The van der Waals surface area contributed by atoms with E-state index in [0.29, 0.717) is 29.2 Å². The smallest absolute Gasteiger partial charge is 0.337 e. The summed E-state index contributed by atoms with van der Waals surface area (Å²) < 4.78 is 27.1. The van der Waals surface area contributed by atoms with Gasteiger partial charge >= 0.3 is 11.9 Å². The normalized spacial score (nSPS) is 15.8. The molecule has 0 N–H and O–H groups in total. The Morgan fingerprint density at radius 2 is 1.83 bits per heavy atom. The molecule has 1 saturated carbocycles. The Labute approximate surface area is 210 Å². The van der Waals surface area contributed by atoms with Crippen LogP contribution < -0.4 is 0 Å². The Kier molecular flexibility index (Phi) is 6.69. The number of methoxy groups -OCH3 is 1. The summed E-state index contributed by atoms with van der Waals surface area (Å²) in [5, 5.41) is 1.07. The van der Waals surface area contributed by atoms with E-state index in [-0.39, 0.29) is 18.3 Å². The maximum absolute atomic E-state index is 14.4. The van der Waals surface area contributed by atoms with Gasteiger partial charge < -0.3 is 14.0 Å². The van der Waals surface area contributed by atoms with Gasteiger partial charge in [-0.25, -0.2) is 14.0 Å². The van der Waals surface area contributed by atoms with Gasteiger partial charge in [-0.2, -0.15) is 0 Å². The van der Waals surface area contributed by atoms with Crippen molar-refractivity contribution < 1.29 is 23.5 Å². The fourth-order valence-electron chi connectivity index (χ4n) is 5.61. The Morgan fingerprint density at radius 1 is 1.06 bits per heavy atom. The lowest BCUT2D eigenvalue weighted by Crippen LogP contribution is -2.16. The van der Waals surface area contributed by atoms with E-state index in [1.807, 2.05) is 32.0 Å². The minimum absolute atomic E-state index is 0.202. The van der Waals surface area contributed by atoms with Crippen LogP contribution in [0.1, 0.15) is 73.4 Å². The van der Waals surface area contributed by atoms with E-state index in [0.717, 1.165) is 35.0 Å². The number of fused-ring (bicyclic) bond motifs is 5. The van der Waals surface area contributed by atoms with Gasteiger partial charge in [0, 0.05) is 16.5 Å². The summed E-state index contributed by atoms with van der Waals surface area (Å²) >= 11 is 0. The Hall–Kier alpha value is -3.41. The molecule has 0 amide bonds. The average molecular weight is 490 g/mol. The van der Waals surface area contributed by atoms with Crippen LogP contribution in [0.15, 0.2) is 42.0 Å². The van der Waals surface area contributed by atoms with Crippen molar-refractivity contribution in [1.82, 2.24) is 4.57 Å². The van der Waals surface area contributed by atoms with Gasteiger partial charge in [0.05, 0.1) is 37.1 Å². The highest BCUT2D eigenvalue weighted by Crippen LogP contribution is 2.46. The monoisotopic (exact) mass is 489 g/mol. The van der Waals surface area contributed by atoms with Gasteiger partial charge in [0.25, 0.3) is 0 Å². The predicted octanol–water partition coefficient (Wildman–Crippen LogP) is 6.88.